The Kier molecular flexibility index (Phi) is 6.50. The Labute approximate surface area is 208 Å². The molecule has 192 valence electrons. The second-order valence-electron chi connectivity index (χ2n) is 8.92. The highest BCUT2D eigenvalue weighted by atomic mass is 35.5. The summed E-state index contributed by atoms with van der Waals surface area (Å²) in [5.41, 5.74) is 0.0911. The van der Waals surface area contributed by atoms with Crippen molar-refractivity contribution in [2.24, 2.45) is 10.2 Å². The molecule has 3 aliphatic heterocycles. The van der Waals surface area contributed by atoms with Crippen LogP contribution in [-0.2, 0) is 10.9 Å². The van der Waals surface area contributed by atoms with Crippen molar-refractivity contribution in [1.82, 2.24) is 9.78 Å². The Balaban J connectivity index is 1.38. The van der Waals surface area contributed by atoms with Crippen LogP contribution in [0, 0.1) is 5.82 Å². The molecule has 1 fully saturated rings. The van der Waals surface area contributed by atoms with Crippen LogP contribution in [0.15, 0.2) is 50.7 Å². The van der Waals surface area contributed by atoms with E-state index >= 15 is 0 Å². The molecule has 13 heteroatoms. The fourth-order valence-electron chi connectivity index (χ4n) is 4.80. The number of likely N-dealkylation sites (N-methyl/N-ethyl adjacent to an activating group) is 1. The maximum atomic E-state index is 13.6. The average molecular weight is 527 g/mol. The molecule has 1 aromatic carbocycles. The molecule has 0 spiro atoms. The van der Waals surface area contributed by atoms with Crippen molar-refractivity contribution in [3.63, 3.8) is 0 Å². The van der Waals surface area contributed by atoms with Gasteiger partial charge in [-0.3, -0.25) is 4.79 Å². The van der Waals surface area contributed by atoms with Gasteiger partial charge in [-0.05, 0) is 43.9 Å². The molecular formula is C23H23ClF4N6O2. The Morgan fingerprint density at radius 1 is 1.25 bits per heavy atom. The van der Waals surface area contributed by atoms with E-state index in [1.54, 1.807) is 0 Å². The third-order valence-corrected chi connectivity index (χ3v) is 7.02. The lowest BCUT2D eigenvalue weighted by Crippen LogP contribution is -2.38. The zero-order valence-corrected chi connectivity index (χ0v) is 20.1. The van der Waals surface area contributed by atoms with Crippen LogP contribution in [0.4, 0.5) is 28.9 Å². The number of rotatable bonds is 4. The van der Waals surface area contributed by atoms with Crippen LogP contribution in [0.2, 0.25) is 5.02 Å². The third-order valence-electron chi connectivity index (χ3n) is 6.67. The fraction of sp³-hybridized carbons (Fsp3) is 0.478. The lowest BCUT2D eigenvalue weighted by atomic mass is 10.0. The van der Waals surface area contributed by atoms with Gasteiger partial charge in [0.2, 0.25) is 0 Å². The van der Waals surface area contributed by atoms with Crippen molar-refractivity contribution >= 4 is 23.0 Å². The van der Waals surface area contributed by atoms with Crippen LogP contribution in [0.25, 0.3) is 0 Å². The van der Waals surface area contributed by atoms with E-state index in [4.69, 9.17) is 16.3 Å². The van der Waals surface area contributed by atoms with E-state index in [-0.39, 0.29) is 17.3 Å². The van der Waals surface area contributed by atoms with Gasteiger partial charge in [0.25, 0.3) is 5.56 Å². The first-order valence-corrected chi connectivity index (χ1v) is 11.9. The van der Waals surface area contributed by atoms with E-state index in [2.05, 4.69) is 15.3 Å². The highest BCUT2D eigenvalue weighted by Gasteiger charge is 2.39. The lowest BCUT2D eigenvalue weighted by molar-refractivity contribution is -0.137. The Bertz CT molecular complexity index is 1290. The van der Waals surface area contributed by atoms with Gasteiger partial charge in [0.1, 0.15) is 10.8 Å². The minimum atomic E-state index is -4.73. The number of azo groups is 1. The molecule has 3 aliphatic rings. The molecule has 2 aromatic rings. The van der Waals surface area contributed by atoms with Crippen LogP contribution >= 0.6 is 11.6 Å². The first kappa shape index (κ1) is 24.7. The number of anilines is 2. The number of halogens is 5. The van der Waals surface area contributed by atoms with Crippen LogP contribution in [0.1, 0.15) is 37.5 Å². The molecule has 0 saturated carbocycles. The van der Waals surface area contributed by atoms with E-state index in [1.165, 1.54) is 22.8 Å². The summed E-state index contributed by atoms with van der Waals surface area (Å²) in [4.78, 5) is 16.1. The van der Waals surface area contributed by atoms with Crippen molar-refractivity contribution < 1.29 is 22.3 Å². The molecule has 0 bridgehead atoms. The lowest BCUT2D eigenvalue weighted by Gasteiger charge is -2.33. The molecule has 0 aliphatic carbocycles. The average Bonchev–Trinajstić information content (AvgIpc) is 3.28. The van der Waals surface area contributed by atoms with Crippen molar-refractivity contribution in [2.75, 3.05) is 36.5 Å². The van der Waals surface area contributed by atoms with Crippen molar-refractivity contribution in [2.45, 2.75) is 44.3 Å². The quantitative estimate of drug-likeness (QED) is 0.515. The van der Waals surface area contributed by atoms with Gasteiger partial charge in [-0.2, -0.15) is 33.2 Å². The topological polar surface area (TPSA) is 75.3 Å². The van der Waals surface area contributed by atoms with Crippen LogP contribution < -0.4 is 15.4 Å². The Morgan fingerprint density at radius 3 is 2.78 bits per heavy atom. The van der Waals surface area contributed by atoms with Gasteiger partial charge in [-0.1, -0.05) is 11.6 Å². The number of alkyl halides is 3. The summed E-state index contributed by atoms with van der Waals surface area (Å²) in [6, 6.07) is 2.56. The molecule has 0 amide bonds. The molecule has 4 heterocycles. The smallest absolute Gasteiger partial charge is 0.363 e. The summed E-state index contributed by atoms with van der Waals surface area (Å²) in [6.45, 7) is 1.27. The second-order valence-corrected chi connectivity index (χ2v) is 9.30. The van der Waals surface area contributed by atoms with E-state index in [0.29, 0.717) is 43.4 Å². The maximum absolute atomic E-state index is 13.6. The van der Waals surface area contributed by atoms with E-state index in [0.717, 1.165) is 30.5 Å². The third kappa shape index (κ3) is 4.47. The van der Waals surface area contributed by atoms with E-state index in [1.807, 2.05) is 4.90 Å². The highest BCUT2D eigenvalue weighted by Crippen LogP contribution is 2.41. The minimum absolute atomic E-state index is 0.0213. The fourth-order valence-corrected chi connectivity index (χ4v) is 5.05. The van der Waals surface area contributed by atoms with Gasteiger partial charge in [0.15, 0.2) is 12.4 Å². The van der Waals surface area contributed by atoms with Gasteiger partial charge in [-0.25, -0.2) is 4.39 Å². The molecule has 0 radical (unpaired) electrons. The first-order chi connectivity index (χ1) is 17.1. The zero-order valence-electron chi connectivity index (χ0n) is 19.3. The van der Waals surface area contributed by atoms with E-state index < -0.39 is 35.5 Å². The van der Waals surface area contributed by atoms with Crippen molar-refractivity contribution in [3.8, 4) is 0 Å². The molecule has 1 aromatic heterocycles. The summed E-state index contributed by atoms with van der Waals surface area (Å²) >= 11 is 6.44. The summed E-state index contributed by atoms with van der Waals surface area (Å²) in [7, 11) is 1.47. The van der Waals surface area contributed by atoms with Crippen LogP contribution in [0.3, 0.4) is 0 Å². The van der Waals surface area contributed by atoms with Gasteiger partial charge >= 0.3 is 6.18 Å². The highest BCUT2D eigenvalue weighted by molar-refractivity contribution is 6.33. The van der Waals surface area contributed by atoms with Crippen LogP contribution in [-0.4, -0.2) is 42.7 Å². The number of ether oxygens (including phenoxy) is 1. The molecule has 5 rings (SSSR count). The summed E-state index contributed by atoms with van der Waals surface area (Å²) in [5, 5.41) is 12.7. The van der Waals surface area contributed by atoms with Gasteiger partial charge in [0.05, 0.1) is 35.4 Å². The molecule has 8 nitrogen and oxygen atoms in total. The summed E-state index contributed by atoms with van der Waals surface area (Å²) in [6.07, 6.45) is -1.41. The molecule has 36 heavy (non-hydrogen) atoms. The molecule has 2 atom stereocenters. The second kappa shape index (κ2) is 9.47. The number of aromatic nitrogens is 2. The van der Waals surface area contributed by atoms with Gasteiger partial charge < -0.3 is 14.5 Å². The zero-order chi connectivity index (χ0) is 25.6. The molecular weight excluding hydrogens is 504 g/mol. The first-order valence-electron chi connectivity index (χ1n) is 11.5. The van der Waals surface area contributed by atoms with E-state index in [9.17, 15) is 22.4 Å². The standard InChI is InChI=1S/C23H23ClF4N6O2/c1-32(17-6-5-13(25)10-15(17)23(26,27)28)21-14-7-8-33(12-16(14)30-31-21)18-11-29-34(22(35)20(18)24)19-4-2-3-9-36-19/h5-6,10-11,19,21H,2-4,7-9,12H2,1H3. The van der Waals surface area contributed by atoms with Crippen molar-refractivity contribution in [1.29, 1.82) is 0 Å². The van der Waals surface area contributed by atoms with Crippen molar-refractivity contribution in [3.05, 3.63) is 62.4 Å². The number of hydrogen-bond acceptors (Lipinski definition) is 7. The summed E-state index contributed by atoms with van der Waals surface area (Å²) < 4.78 is 61.1. The van der Waals surface area contributed by atoms with Gasteiger partial charge in [-0.15, -0.1) is 0 Å². The summed E-state index contributed by atoms with van der Waals surface area (Å²) in [5.74, 6) is -0.969. The molecule has 1 saturated heterocycles. The van der Waals surface area contributed by atoms with Crippen LogP contribution in [0.5, 0.6) is 0 Å². The Hall–Kier alpha value is -2.99. The molecule has 0 N–H and O–H groups in total. The number of hydrogen-bond donors (Lipinski definition) is 0. The maximum Gasteiger partial charge on any atom is 0.418 e. The normalized spacial score (nSPS) is 22.2. The largest absolute Gasteiger partial charge is 0.418 e. The predicted molar refractivity (Wildman–Crippen MR) is 125 cm³/mol. The number of nitrogens with zero attached hydrogens (tertiary/aromatic N) is 6. The SMILES string of the molecule is CN(c1ccc(F)cc1C(F)(F)F)C1N=NC2=C1CCN(c1cnn(C3CCCCO3)c(=O)c1Cl)C2. The number of benzene rings is 1. The molecule has 2 unspecified atom stereocenters. The van der Waals surface area contributed by atoms with Gasteiger partial charge in [0, 0.05) is 25.8 Å². The predicted octanol–water partition coefficient (Wildman–Crippen LogP) is 5.15. The minimum Gasteiger partial charge on any atom is -0.363 e. The Morgan fingerprint density at radius 2 is 2.06 bits per heavy atom. The monoisotopic (exact) mass is 526 g/mol.